The average Bonchev–Trinajstić information content (AvgIpc) is 2.79. The van der Waals surface area contributed by atoms with Crippen LogP contribution in [0.15, 0.2) is 83.9 Å². The van der Waals surface area contributed by atoms with Gasteiger partial charge in [-0.05, 0) is 60.7 Å². The lowest BCUT2D eigenvalue weighted by atomic mass is 9.71. The van der Waals surface area contributed by atoms with Crippen LogP contribution in [-0.2, 0) is 17.7 Å². The van der Waals surface area contributed by atoms with Gasteiger partial charge in [-0.1, -0.05) is 48.5 Å². The number of amidine groups is 1. The van der Waals surface area contributed by atoms with Gasteiger partial charge in [-0.25, -0.2) is 0 Å². The summed E-state index contributed by atoms with van der Waals surface area (Å²) in [7, 11) is 0. The molecule has 0 aliphatic carbocycles. The van der Waals surface area contributed by atoms with Crippen molar-refractivity contribution in [3.05, 3.63) is 90.0 Å². The van der Waals surface area contributed by atoms with E-state index in [-0.39, 0.29) is 5.41 Å². The molecule has 3 aromatic carbocycles. The van der Waals surface area contributed by atoms with E-state index < -0.39 is 0 Å². The number of hydrogen-bond acceptors (Lipinski definition) is 3. The molecule has 5 rings (SSSR count). The molecule has 0 amide bonds. The van der Waals surface area contributed by atoms with E-state index in [9.17, 15) is 0 Å². The summed E-state index contributed by atoms with van der Waals surface area (Å²) >= 11 is 0. The molecule has 1 fully saturated rings. The highest BCUT2D eigenvalue weighted by Gasteiger charge is 2.41. The van der Waals surface area contributed by atoms with Gasteiger partial charge in [0.2, 0.25) is 0 Å². The van der Waals surface area contributed by atoms with Crippen LogP contribution in [0, 0.1) is 5.41 Å². The zero-order valence-corrected chi connectivity index (χ0v) is 17.0. The number of rotatable bonds is 4. The molecule has 0 radical (unpaired) electrons. The summed E-state index contributed by atoms with van der Waals surface area (Å²) in [6.07, 6.45) is 3.03. The molecule has 0 unspecified atom stereocenters. The topological polar surface area (TPSA) is 42.8 Å². The highest BCUT2D eigenvalue weighted by molar-refractivity contribution is 6.02. The Hall–Kier alpha value is -3.11. The summed E-state index contributed by atoms with van der Waals surface area (Å²) < 4.78 is 11.7. The smallest absolute Gasteiger partial charge is 0.127 e. The molecule has 0 aromatic heterocycles. The lowest BCUT2D eigenvalue weighted by Gasteiger charge is -2.42. The van der Waals surface area contributed by atoms with Crippen molar-refractivity contribution in [1.82, 2.24) is 0 Å². The highest BCUT2D eigenvalue weighted by atomic mass is 16.5. The largest absolute Gasteiger partial charge is 0.457 e. The third-order valence-corrected chi connectivity index (χ3v) is 6.05. The van der Waals surface area contributed by atoms with E-state index in [4.69, 9.17) is 14.5 Å². The van der Waals surface area contributed by atoms with Crippen LogP contribution in [0.2, 0.25) is 0 Å². The minimum Gasteiger partial charge on any atom is -0.457 e. The highest BCUT2D eigenvalue weighted by Crippen LogP contribution is 2.41. The summed E-state index contributed by atoms with van der Waals surface area (Å²) in [5, 5.41) is 3.65. The van der Waals surface area contributed by atoms with Crippen LogP contribution in [-0.4, -0.2) is 19.0 Å². The molecule has 30 heavy (non-hydrogen) atoms. The molecular formula is C26H26N2O2. The van der Waals surface area contributed by atoms with Gasteiger partial charge in [0.25, 0.3) is 0 Å². The van der Waals surface area contributed by atoms with Crippen molar-refractivity contribution in [3.63, 3.8) is 0 Å². The fourth-order valence-corrected chi connectivity index (χ4v) is 4.39. The molecule has 2 aliphatic heterocycles. The molecule has 3 aromatic rings. The number of para-hydroxylation sites is 2. The van der Waals surface area contributed by atoms with Gasteiger partial charge in [0.15, 0.2) is 0 Å². The predicted molar refractivity (Wildman–Crippen MR) is 120 cm³/mol. The van der Waals surface area contributed by atoms with E-state index in [0.29, 0.717) is 6.54 Å². The molecule has 0 atom stereocenters. The van der Waals surface area contributed by atoms with E-state index in [0.717, 1.165) is 55.4 Å². The Morgan fingerprint density at radius 2 is 1.63 bits per heavy atom. The fourth-order valence-electron chi connectivity index (χ4n) is 4.39. The first kappa shape index (κ1) is 18.9. The monoisotopic (exact) mass is 398 g/mol. The van der Waals surface area contributed by atoms with Gasteiger partial charge < -0.3 is 14.8 Å². The van der Waals surface area contributed by atoms with Crippen molar-refractivity contribution in [1.29, 1.82) is 0 Å². The number of nitrogens with one attached hydrogen (secondary N) is 1. The van der Waals surface area contributed by atoms with Gasteiger partial charge in [-0.15, -0.1) is 0 Å². The van der Waals surface area contributed by atoms with Crippen LogP contribution >= 0.6 is 0 Å². The molecule has 4 heteroatoms. The average molecular weight is 399 g/mol. The SMILES string of the molecule is c1ccc(Oc2cccc(CN=C3Nc4ccccc4CC34CCOCC4)c2)cc1. The van der Waals surface area contributed by atoms with Crippen LogP contribution in [0.3, 0.4) is 0 Å². The molecule has 1 spiro atoms. The summed E-state index contributed by atoms with van der Waals surface area (Å²) in [6, 6.07) is 26.6. The third kappa shape index (κ3) is 3.96. The summed E-state index contributed by atoms with van der Waals surface area (Å²) in [5.74, 6) is 2.77. The van der Waals surface area contributed by atoms with Crippen molar-refractivity contribution < 1.29 is 9.47 Å². The lowest BCUT2D eigenvalue weighted by Crippen LogP contribution is -2.45. The molecule has 2 aliphatic rings. The molecule has 2 heterocycles. The van der Waals surface area contributed by atoms with Gasteiger partial charge in [-0.3, -0.25) is 4.99 Å². The molecule has 152 valence electrons. The zero-order valence-electron chi connectivity index (χ0n) is 17.0. The van der Waals surface area contributed by atoms with Crippen LogP contribution in [0.1, 0.15) is 24.0 Å². The molecule has 0 bridgehead atoms. The first-order valence-corrected chi connectivity index (χ1v) is 10.6. The lowest BCUT2D eigenvalue weighted by molar-refractivity contribution is 0.0448. The first-order chi connectivity index (χ1) is 14.8. The second-order valence-corrected chi connectivity index (χ2v) is 8.08. The summed E-state index contributed by atoms with van der Waals surface area (Å²) in [6.45, 7) is 2.21. The molecule has 1 N–H and O–H groups in total. The van der Waals surface area contributed by atoms with Gasteiger partial charge in [0, 0.05) is 24.3 Å². The second-order valence-electron chi connectivity index (χ2n) is 8.08. The Morgan fingerprint density at radius 1 is 0.867 bits per heavy atom. The molecule has 0 saturated carbocycles. The molecular weight excluding hydrogens is 372 g/mol. The van der Waals surface area contributed by atoms with Crippen molar-refractivity contribution in [2.45, 2.75) is 25.8 Å². The minimum absolute atomic E-state index is 0.0464. The van der Waals surface area contributed by atoms with Crippen LogP contribution in [0.25, 0.3) is 0 Å². The number of aliphatic imine (C=N–C) groups is 1. The Labute approximate surface area is 177 Å². The summed E-state index contributed by atoms with van der Waals surface area (Å²) in [4.78, 5) is 5.07. The van der Waals surface area contributed by atoms with E-state index in [1.54, 1.807) is 0 Å². The quantitative estimate of drug-likeness (QED) is 0.600. The van der Waals surface area contributed by atoms with E-state index in [1.807, 2.05) is 42.5 Å². The van der Waals surface area contributed by atoms with Gasteiger partial charge >= 0.3 is 0 Å². The first-order valence-electron chi connectivity index (χ1n) is 10.6. The normalized spacial score (nSPS) is 18.6. The predicted octanol–water partition coefficient (Wildman–Crippen LogP) is 5.84. The number of anilines is 1. The Morgan fingerprint density at radius 3 is 2.50 bits per heavy atom. The van der Waals surface area contributed by atoms with Crippen LogP contribution in [0.5, 0.6) is 11.5 Å². The fraction of sp³-hybridized carbons (Fsp3) is 0.269. The maximum Gasteiger partial charge on any atom is 0.127 e. The molecule has 1 saturated heterocycles. The van der Waals surface area contributed by atoms with Crippen molar-refractivity contribution in [3.8, 4) is 11.5 Å². The number of nitrogens with zero attached hydrogens (tertiary/aromatic N) is 1. The van der Waals surface area contributed by atoms with Gasteiger partial charge in [-0.2, -0.15) is 0 Å². The second kappa shape index (κ2) is 8.33. The van der Waals surface area contributed by atoms with E-state index in [1.165, 1.54) is 11.3 Å². The number of ether oxygens (including phenoxy) is 2. The molecule has 4 nitrogen and oxygen atoms in total. The standard InChI is InChI=1S/C26H26N2O2/c1-2-9-22(10-3-1)30-23-11-6-7-20(17-23)19-27-25-26(13-15-29-16-14-26)18-21-8-4-5-12-24(21)28-25/h1-12,17H,13-16,18-19H2,(H,27,28). The van der Waals surface area contributed by atoms with Crippen molar-refractivity contribution in [2.24, 2.45) is 10.4 Å². The van der Waals surface area contributed by atoms with Crippen LogP contribution in [0.4, 0.5) is 5.69 Å². The van der Waals surface area contributed by atoms with Crippen molar-refractivity contribution in [2.75, 3.05) is 18.5 Å². The summed E-state index contributed by atoms with van der Waals surface area (Å²) in [5.41, 5.74) is 3.73. The third-order valence-electron chi connectivity index (χ3n) is 6.05. The Bertz CT molecular complexity index is 1040. The van der Waals surface area contributed by atoms with Crippen LogP contribution < -0.4 is 10.1 Å². The maximum absolute atomic E-state index is 5.99. The maximum atomic E-state index is 5.99. The van der Waals surface area contributed by atoms with Gasteiger partial charge in [0.1, 0.15) is 17.3 Å². The van der Waals surface area contributed by atoms with E-state index in [2.05, 4.69) is 41.7 Å². The van der Waals surface area contributed by atoms with Gasteiger partial charge in [0.05, 0.1) is 6.54 Å². The number of hydrogen-bond donors (Lipinski definition) is 1. The Balaban J connectivity index is 1.39. The van der Waals surface area contributed by atoms with E-state index >= 15 is 0 Å². The Kier molecular flexibility index (Phi) is 5.24. The van der Waals surface area contributed by atoms with Crippen molar-refractivity contribution >= 4 is 11.5 Å². The number of fused-ring (bicyclic) bond motifs is 1. The number of benzene rings is 3. The zero-order chi connectivity index (χ0) is 20.2. The minimum atomic E-state index is 0.0464.